The zero-order valence-electron chi connectivity index (χ0n) is 11.1. The Morgan fingerprint density at radius 1 is 1.35 bits per heavy atom. The minimum absolute atomic E-state index is 0.0724. The molecule has 0 bridgehead atoms. The van der Waals surface area contributed by atoms with E-state index in [4.69, 9.17) is 16.7 Å². The summed E-state index contributed by atoms with van der Waals surface area (Å²) in [5, 5.41) is 9.20. The van der Waals surface area contributed by atoms with Crippen LogP contribution in [0, 0.1) is 0 Å². The molecule has 1 aromatic carbocycles. The van der Waals surface area contributed by atoms with Crippen LogP contribution in [0.3, 0.4) is 0 Å². The molecule has 2 rings (SSSR count). The Bertz CT molecular complexity index is 602. The first-order valence-corrected chi connectivity index (χ1v) is 6.59. The second-order valence-corrected chi connectivity index (χ2v) is 4.89. The number of carboxylic acids is 1. The van der Waals surface area contributed by atoms with Gasteiger partial charge in [-0.15, -0.1) is 0 Å². The molecule has 0 aliphatic carbocycles. The zero-order valence-corrected chi connectivity index (χ0v) is 11.8. The third-order valence-electron chi connectivity index (χ3n) is 3.04. The highest BCUT2D eigenvalue weighted by molar-refractivity contribution is 6.33. The molecule has 0 radical (unpaired) electrons. The monoisotopic (exact) mass is 290 g/mol. The Morgan fingerprint density at radius 3 is 2.70 bits per heavy atom. The number of hydrogen-bond donors (Lipinski definition) is 1. The molecule has 0 amide bonds. The molecule has 0 spiro atoms. The summed E-state index contributed by atoms with van der Waals surface area (Å²) in [4.78, 5) is 17.1. The van der Waals surface area contributed by atoms with E-state index in [2.05, 4.69) is 17.1 Å². The van der Waals surface area contributed by atoms with Gasteiger partial charge in [-0.1, -0.05) is 41.9 Å². The lowest BCUT2D eigenvalue weighted by atomic mass is 10.1. The van der Waals surface area contributed by atoms with Crippen LogP contribution in [0.15, 0.2) is 42.6 Å². The molecule has 104 valence electrons. The van der Waals surface area contributed by atoms with Crippen LogP contribution >= 0.6 is 11.6 Å². The number of hydrogen-bond acceptors (Lipinski definition) is 3. The summed E-state index contributed by atoms with van der Waals surface area (Å²) in [6.45, 7) is 0.748. The van der Waals surface area contributed by atoms with Gasteiger partial charge in [0.15, 0.2) is 0 Å². The van der Waals surface area contributed by atoms with Gasteiger partial charge in [-0.3, -0.25) is 0 Å². The molecule has 0 atom stereocenters. The number of aromatic carboxylic acids is 1. The first-order valence-electron chi connectivity index (χ1n) is 6.22. The maximum atomic E-state index is 11.0. The average molecular weight is 291 g/mol. The highest BCUT2D eigenvalue weighted by Crippen LogP contribution is 2.20. The summed E-state index contributed by atoms with van der Waals surface area (Å²) in [6, 6.07) is 11.6. The van der Waals surface area contributed by atoms with Gasteiger partial charge >= 0.3 is 5.97 Å². The van der Waals surface area contributed by atoms with Gasteiger partial charge in [-0.05, 0) is 18.1 Å². The van der Waals surface area contributed by atoms with Crippen molar-refractivity contribution in [3.63, 3.8) is 0 Å². The van der Waals surface area contributed by atoms with E-state index in [1.165, 1.54) is 17.8 Å². The molecule has 1 N–H and O–H groups in total. The highest BCUT2D eigenvalue weighted by atomic mass is 35.5. The molecule has 1 heterocycles. The van der Waals surface area contributed by atoms with Crippen LogP contribution in [-0.2, 0) is 6.42 Å². The van der Waals surface area contributed by atoms with E-state index in [0.717, 1.165) is 13.0 Å². The quantitative estimate of drug-likeness (QED) is 0.919. The Labute approximate surface area is 122 Å². The predicted molar refractivity (Wildman–Crippen MR) is 79.6 cm³/mol. The van der Waals surface area contributed by atoms with Gasteiger partial charge in [0.2, 0.25) is 0 Å². The standard InChI is InChI=1S/C15H15ClN2O2/c1-18(8-7-11-5-3-2-4-6-11)14-9-12(15(19)20)13(16)10-17-14/h2-6,9-10H,7-8H2,1H3,(H,19,20). The lowest BCUT2D eigenvalue weighted by Crippen LogP contribution is -2.21. The molecule has 0 saturated heterocycles. The molecule has 5 heteroatoms. The Kier molecular flexibility index (Phi) is 4.58. The second kappa shape index (κ2) is 6.39. The van der Waals surface area contributed by atoms with Crippen molar-refractivity contribution in [2.24, 2.45) is 0 Å². The molecule has 0 saturated carbocycles. The normalized spacial score (nSPS) is 10.3. The topological polar surface area (TPSA) is 53.4 Å². The van der Waals surface area contributed by atoms with Crippen LogP contribution in [0.2, 0.25) is 5.02 Å². The summed E-state index contributed by atoms with van der Waals surface area (Å²) in [5.74, 6) is -0.446. The average Bonchev–Trinajstić information content (AvgIpc) is 2.46. The van der Waals surface area contributed by atoms with Crippen molar-refractivity contribution in [1.29, 1.82) is 0 Å². The van der Waals surface area contributed by atoms with Gasteiger partial charge in [0.1, 0.15) is 5.82 Å². The fraction of sp³-hybridized carbons (Fsp3) is 0.200. The first-order chi connectivity index (χ1) is 9.58. The van der Waals surface area contributed by atoms with Gasteiger partial charge < -0.3 is 10.0 Å². The van der Waals surface area contributed by atoms with Crippen molar-refractivity contribution in [2.45, 2.75) is 6.42 Å². The van der Waals surface area contributed by atoms with Gasteiger partial charge in [0, 0.05) is 19.8 Å². The number of aromatic nitrogens is 1. The minimum Gasteiger partial charge on any atom is -0.478 e. The fourth-order valence-corrected chi connectivity index (χ4v) is 2.04. The van der Waals surface area contributed by atoms with E-state index in [1.807, 2.05) is 30.1 Å². The number of rotatable bonds is 5. The maximum Gasteiger partial charge on any atom is 0.337 e. The SMILES string of the molecule is CN(CCc1ccccc1)c1cc(C(=O)O)c(Cl)cn1. The molecular weight excluding hydrogens is 276 g/mol. The van der Waals surface area contributed by atoms with Crippen LogP contribution in [-0.4, -0.2) is 29.7 Å². The number of likely N-dealkylation sites (N-methyl/N-ethyl adjacent to an activating group) is 1. The third-order valence-corrected chi connectivity index (χ3v) is 3.34. The predicted octanol–water partition coefficient (Wildman–Crippen LogP) is 3.11. The van der Waals surface area contributed by atoms with E-state index in [9.17, 15) is 4.79 Å². The number of nitrogens with zero attached hydrogens (tertiary/aromatic N) is 2. The molecule has 2 aromatic rings. The molecular formula is C15H15ClN2O2. The number of carboxylic acid groups (broad SMARTS) is 1. The first kappa shape index (κ1) is 14.3. The summed E-state index contributed by atoms with van der Waals surface area (Å²) in [7, 11) is 1.88. The number of halogens is 1. The lowest BCUT2D eigenvalue weighted by molar-refractivity contribution is 0.0697. The smallest absolute Gasteiger partial charge is 0.337 e. The molecule has 0 fully saturated rings. The summed E-state index contributed by atoms with van der Waals surface area (Å²) < 4.78 is 0. The Balaban J connectivity index is 2.07. The molecule has 0 aliphatic rings. The van der Waals surface area contributed by atoms with Gasteiger partial charge in [0.25, 0.3) is 0 Å². The minimum atomic E-state index is -1.05. The number of carbonyl (C=O) groups is 1. The van der Waals surface area contributed by atoms with Crippen LogP contribution in [0.4, 0.5) is 5.82 Å². The van der Waals surface area contributed by atoms with Gasteiger partial charge in [-0.2, -0.15) is 0 Å². The fourth-order valence-electron chi connectivity index (χ4n) is 1.86. The number of pyridine rings is 1. The van der Waals surface area contributed by atoms with E-state index in [1.54, 1.807) is 0 Å². The largest absolute Gasteiger partial charge is 0.478 e. The van der Waals surface area contributed by atoms with Gasteiger partial charge in [0.05, 0.1) is 10.6 Å². The van der Waals surface area contributed by atoms with E-state index in [0.29, 0.717) is 5.82 Å². The zero-order chi connectivity index (χ0) is 14.5. The van der Waals surface area contributed by atoms with Crippen LogP contribution in [0.1, 0.15) is 15.9 Å². The van der Waals surface area contributed by atoms with Crippen LogP contribution < -0.4 is 4.90 Å². The summed E-state index contributed by atoms with van der Waals surface area (Å²) in [6.07, 6.45) is 2.24. The van der Waals surface area contributed by atoms with Crippen molar-refractivity contribution in [1.82, 2.24) is 4.98 Å². The Morgan fingerprint density at radius 2 is 2.05 bits per heavy atom. The number of anilines is 1. The molecule has 1 aromatic heterocycles. The summed E-state index contributed by atoms with van der Waals surface area (Å²) in [5.41, 5.74) is 1.30. The van der Waals surface area contributed by atoms with E-state index in [-0.39, 0.29) is 10.6 Å². The molecule has 4 nitrogen and oxygen atoms in total. The van der Waals surface area contributed by atoms with Crippen molar-refractivity contribution in [3.05, 3.63) is 58.7 Å². The van der Waals surface area contributed by atoms with Crippen molar-refractivity contribution >= 4 is 23.4 Å². The number of benzene rings is 1. The second-order valence-electron chi connectivity index (χ2n) is 4.48. The molecule has 0 unspecified atom stereocenters. The van der Waals surface area contributed by atoms with Crippen molar-refractivity contribution < 1.29 is 9.90 Å². The molecule has 0 aliphatic heterocycles. The summed E-state index contributed by atoms with van der Waals surface area (Å²) >= 11 is 5.81. The van der Waals surface area contributed by atoms with Gasteiger partial charge in [-0.25, -0.2) is 9.78 Å². The van der Waals surface area contributed by atoms with Crippen molar-refractivity contribution in [2.75, 3.05) is 18.5 Å². The van der Waals surface area contributed by atoms with E-state index >= 15 is 0 Å². The lowest BCUT2D eigenvalue weighted by Gasteiger charge is -2.18. The molecule has 20 heavy (non-hydrogen) atoms. The third kappa shape index (κ3) is 3.48. The van der Waals surface area contributed by atoms with Crippen molar-refractivity contribution in [3.8, 4) is 0 Å². The van der Waals surface area contributed by atoms with E-state index < -0.39 is 5.97 Å². The Hall–Kier alpha value is -2.07. The van der Waals surface area contributed by atoms with Crippen LogP contribution in [0.25, 0.3) is 0 Å². The maximum absolute atomic E-state index is 11.0. The van der Waals surface area contributed by atoms with Crippen LogP contribution in [0.5, 0.6) is 0 Å². The highest BCUT2D eigenvalue weighted by Gasteiger charge is 2.12.